The number of ether oxygens (including phenoxy) is 1. The lowest BCUT2D eigenvalue weighted by Gasteiger charge is -2.22. The van der Waals surface area contributed by atoms with Gasteiger partial charge < -0.3 is 10.5 Å². The maximum absolute atomic E-state index is 11.4. The van der Waals surface area contributed by atoms with E-state index in [1.165, 1.54) is 0 Å². The normalized spacial score (nSPS) is 14.6. The molecular formula is C10H21NO4S. The van der Waals surface area contributed by atoms with E-state index in [4.69, 9.17) is 10.5 Å². The zero-order valence-electron chi connectivity index (χ0n) is 10.3. The van der Waals surface area contributed by atoms with Crippen molar-refractivity contribution in [1.82, 2.24) is 0 Å². The summed E-state index contributed by atoms with van der Waals surface area (Å²) < 4.78 is 26.8. The van der Waals surface area contributed by atoms with E-state index in [9.17, 15) is 13.2 Å². The molecule has 2 N–H and O–H groups in total. The van der Waals surface area contributed by atoms with Crippen molar-refractivity contribution in [2.75, 3.05) is 12.0 Å². The van der Waals surface area contributed by atoms with Crippen LogP contribution in [0.3, 0.4) is 0 Å². The van der Waals surface area contributed by atoms with Gasteiger partial charge in [-0.15, -0.1) is 0 Å². The van der Waals surface area contributed by atoms with Gasteiger partial charge in [-0.25, -0.2) is 8.42 Å². The summed E-state index contributed by atoms with van der Waals surface area (Å²) in [5.41, 5.74) is 5.02. The van der Waals surface area contributed by atoms with Gasteiger partial charge in [0.15, 0.2) is 0 Å². The van der Waals surface area contributed by atoms with E-state index in [1.807, 2.05) is 0 Å². The molecule has 0 rings (SSSR count). The van der Waals surface area contributed by atoms with Gasteiger partial charge in [0, 0.05) is 12.0 Å². The third-order valence-electron chi connectivity index (χ3n) is 1.74. The zero-order chi connectivity index (χ0) is 13.0. The van der Waals surface area contributed by atoms with Gasteiger partial charge >= 0.3 is 5.97 Å². The second kappa shape index (κ2) is 5.63. The summed E-state index contributed by atoms with van der Waals surface area (Å²) in [5.74, 6) is -0.440. The Balaban J connectivity index is 3.99. The van der Waals surface area contributed by atoms with Gasteiger partial charge in [-0.05, 0) is 33.6 Å². The highest BCUT2D eigenvalue weighted by molar-refractivity contribution is 7.90. The molecule has 0 radical (unpaired) electrons. The predicted octanol–water partition coefficient (Wildman–Crippen LogP) is 0.480. The van der Waals surface area contributed by atoms with Crippen molar-refractivity contribution >= 4 is 15.8 Å². The van der Waals surface area contributed by atoms with E-state index in [0.29, 0.717) is 12.8 Å². The first-order chi connectivity index (χ1) is 7.01. The molecule has 96 valence electrons. The quantitative estimate of drug-likeness (QED) is 0.718. The highest BCUT2D eigenvalue weighted by Gasteiger charge is 2.22. The molecular weight excluding hydrogens is 230 g/mol. The van der Waals surface area contributed by atoms with Crippen LogP contribution in [0.15, 0.2) is 0 Å². The Kier molecular flexibility index (Phi) is 5.41. The third kappa shape index (κ3) is 8.67. The van der Waals surface area contributed by atoms with E-state index in [0.717, 1.165) is 6.26 Å². The number of carbonyl (C=O) groups excluding carboxylic acids is 1. The second-order valence-corrected chi connectivity index (χ2v) is 7.17. The van der Waals surface area contributed by atoms with E-state index >= 15 is 0 Å². The fraction of sp³-hybridized carbons (Fsp3) is 0.900. The minimum atomic E-state index is -2.99. The highest BCUT2D eigenvalue weighted by Crippen LogP contribution is 2.09. The molecule has 5 nitrogen and oxygen atoms in total. The molecule has 0 saturated carbocycles. The molecule has 0 aromatic heterocycles. The number of carbonyl (C=O) groups is 1. The van der Waals surface area contributed by atoms with Crippen molar-refractivity contribution < 1.29 is 17.9 Å². The lowest BCUT2D eigenvalue weighted by Crippen LogP contribution is -2.37. The number of esters is 1. The van der Waals surface area contributed by atoms with Crippen molar-refractivity contribution in [3.63, 3.8) is 0 Å². The summed E-state index contributed by atoms with van der Waals surface area (Å²) >= 11 is 0. The highest BCUT2D eigenvalue weighted by atomic mass is 32.2. The number of sulfone groups is 1. The van der Waals surface area contributed by atoms with Crippen LogP contribution in [-0.2, 0) is 19.4 Å². The molecule has 16 heavy (non-hydrogen) atoms. The van der Waals surface area contributed by atoms with Crippen molar-refractivity contribution in [1.29, 1.82) is 0 Å². The van der Waals surface area contributed by atoms with Crippen LogP contribution >= 0.6 is 0 Å². The van der Waals surface area contributed by atoms with Crippen LogP contribution in [0.1, 0.15) is 33.6 Å². The number of rotatable bonds is 5. The van der Waals surface area contributed by atoms with Crippen molar-refractivity contribution in [2.45, 2.75) is 45.3 Å². The molecule has 0 heterocycles. The summed E-state index contributed by atoms with van der Waals surface area (Å²) in [6.07, 6.45) is 1.85. The topological polar surface area (TPSA) is 86.5 Å². The molecule has 0 aromatic carbocycles. The van der Waals surface area contributed by atoms with Crippen molar-refractivity contribution in [3.05, 3.63) is 0 Å². The number of nitrogens with two attached hydrogens (primary N) is 1. The predicted molar refractivity (Wildman–Crippen MR) is 62.8 cm³/mol. The zero-order valence-corrected chi connectivity index (χ0v) is 11.1. The fourth-order valence-electron chi connectivity index (χ4n) is 1.06. The van der Waals surface area contributed by atoms with Gasteiger partial charge in [-0.2, -0.15) is 0 Å². The fourth-order valence-corrected chi connectivity index (χ4v) is 1.75. The van der Waals surface area contributed by atoms with Gasteiger partial charge in [-0.1, -0.05) is 0 Å². The molecule has 0 fully saturated rings. The molecule has 0 aliphatic rings. The van der Waals surface area contributed by atoms with E-state index in [-0.39, 0.29) is 5.75 Å². The van der Waals surface area contributed by atoms with Gasteiger partial charge in [0.05, 0.1) is 0 Å². The first-order valence-electron chi connectivity index (χ1n) is 5.17. The Hall–Kier alpha value is -0.620. The largest absolute Gasteiger partial charge is 0.459 e. The Morgan fingerprint density at radius 3 is 2.25 bits per heavy atom. The molecule has 0 bridgehead atoms. The molecule has 0 amide bonds. The third-order valence-corrected chi connectivity index (χ3v) is 2.77. The molecule has 0 aliphatic heterocycles. The van der Waals surface area contributed by atoms with Crippen LogP contribution in [0.2, 0.25) is 0 Å². The molecule has 0 aliphatic carbocycles. The maximum Gasteiger partial charge on any atom is 0.323 e. The summed E-state index contributed by atoms with van der Waals surface area (Å²) in [6.45, 7) is 5.27. The summed E-state index contributed by atoms with van der Waals surface area (Å²) in [5, 5.41) is 0. The van der Waals surface area contributed by atoms with Crippen LogP contribution in [0, 0.1) is 0 Å². The molecule has 1 unspecified atom stereocenters. The van der Waals surface area contributed by atoms with Crippen LogP contribution in [0.5, 0.6) is 0 Å². The average molecular weight is 251 g/mol. The van der Waals surface area contributed by atoms with E-state index in [1.54, 1.807) is 20.8 Å². The summed E-state index contributed by atoms with van der Waals surface area (Å²) in [7, 11) is -2.99. The number of hydrogen-bond donors (Lipinski definition) is 1. The molecule has 0 spiro atoms. The van der Waals surface area contributed by atoms with Crippen LogP contribution in [0.4, 0.5) is 0 Å². The summed E-state index contributed by atoms with van der Waals surface area (Å²) in [4.78, 5) is 11.4. The Morgan fingerprint density at radius 2 is 1.88 bits per heavy atom. The van der Waals surface area contributed by atoms with E-state index < -0.39 is 27.4 Å². The van der Waals surface area contributed by atoms with Gasteiger partial charge in [0.1, 0.15) is 21.5 Å². The second-order valence-electron chi connectivity index (χ2n) is 4.91. The monoisotopic (exact) mass is 251 g/mol. The summed E-state index contributed by atoms with van der Waals surface area (Å²) in [6, 6.07) is -0.749. The first-order valence-corrected chi connectivity index (χ1v) is 7.23. The average Bonchev–Trinajstić information content (AvgIpc) is 1.98. The minimum absolute atomic E-state index is 0.0451. The molecule has 1 atom stereocenters. The Morgan fingerprint density at radius 1 is 1.38 bits per heavy atom. The van der Waals surface area contributed by atoms with Crippen LogP contribution in [-0.4, -0.2) is 38.0 Å². The van der Waals surface area contributed by atoms with E-state index in [2.05, 4.69) is 0 Å². The van der Waals surface area contributed by atoms with Crippen molar-refractivity contribution in [3.8, 4) is 0 Å². The minimum Gasteiger partial charge on any atom is -0.459 e. The molecule has 0 aromatic rings. The Labute approximate surface area is 97.3 Å². The maximum atomic E-state index is 11.4. The SMILES string of the molecule is CC(C)(C)OC(=O)C(N)CCCS(C)(=O)=O. The van der Waals surface area contributed by atoms with Crippen LogP contribution in [0.25, 0.3) is 0 Å². The smallest absolute Gasteiger partial charge is 0.323 e. The lowest BCUT2D eigenvalue weighted by molar-refractivity contribution is -0.156. The standard InChI is InChI=1S/C10H21NO4S/c1-10(2,3)15-9(12)8(11)6-5-7-16(4,13)14/h8H,5-7,11H2,1-4H3. The van der Waals surface area contributed by atoms with Gasteiger partial charge in [-0.3, -0.25) is 4.79 Å². The number of hydrogen-bond acceptors (Lipinski definition) is 5. The molecule has 0 saturated heterocycles. The van der Waals surface area contributed by atoms with Crippen LogP contribution < -0.4 is 5.73 Å². The first kappa shape index (κ1) is 15.4. The Bertz CT molecular complexity index is 329. The lowest BCUT2D eigenvalue weighted by atomic mass is 10.1. The van der Waals surface area contributed by atoms with Gasteiger partial charge in [0.25, 0.3) is 0 Å². The van der Waals surface area contributed by atoms with Crippen molar-refractivity contribution in [2.24, 2.45) is 5.73 Å². The molecule has 6 heteroatoms. The van der Waals surface area contributed by atoms with Gasteiger partial charge in [0.2, 0.25) is 0 Å².